The fraction of sp³-hybridized carbons (Fsp3) is 0.773. The first kappa shape index (κ1) is 18.0. The summed E-state index contributed by atoms with van der Waals surface area (Å²) in [5.41, 5.74) is -1.16. The van der Waals surface area contributed by atoms with Crippen LogP contribution in [0.15, 0.2) is 24.3 Å². The van der Waals surface area contributed by atoms with E-state index < -0.39 is 34.2 Å². The van der Waals surface area contributed by atoms with Crippen molar-refractivity contribution in [3.05, 3.63) is 24.3 Å². The Kier molecular flexibility index (Phi) is 3.30. The van der Waals surface area contributed by atoms with Gasteiger partial charge in [0, 0.05) is 16.7 Å². The topological polar surface area (TPSA) is 87.0 Å². The number of hydrogen-bond acceptors (Lipinski definition) is 5. The normalized spacial score (nSPS) is 57.3. The number of allylic oxidation sites excluding steroid dienone is 1. The molecule has 0 aromatic carbocycles. The Bertz CT molecular complexity index is 771. The van der Waals surface area contributed by atoms with Crippen molar-refractivity contribution in [3.8, 4) is 0 Å². The zero-order chi connectivity index (χ0) is 19.6. The van der Waals surface area contributed by atoms with Crippen molar-refractivity contribution in [2.45, 2.75) is 58.0 Å². The molecule has 2 saturated heterocycles. The van der Waals surface area contributed by atoms with Crippen molar-refractivity contribution in [1.29, 1.82) is 0 Å². The van der Waals surface area contributed by atoms with Crippen LogP contribution in [0.2, 0.25) is 0 Å². The molecule has 0 aromatic rings. The lowest BCUT2D eigenvalue weighted by molar-refractivity contribution is -0.442. The lowest BCUT2D eigenvalue weighted by Crippen LogP contribution is -2.84. The maximum absolute atomic E-state index is 13.2. The van der Waals surface area contributed by atoms with Gasteiger partial charge in [-0.2, -0.15) is 0 Å². The van der Waals surface area contributed by atoms with Crippen LogP contribution in [-0.2, 0) is 9.53 Å². The van der Waals surface area contributed by atoms with E-state index in [2.05, 4.69) is 6.58 Å². The van der Waals surface area contributed by atoms with Crippen molar-refractivity contribution in [2.24, 2.45) is 39.9 Å². The van der Waals surface area contributed by atoms with E-state index in [0.29, 0.717) is 6.42 Å². The third-order valence-corrected chi connectivity index (χ3v) is 9.21. The van der Waals surface area contributed by atoms with Gasteiger partial charge in [-0.15, -0.1) is 0 Å². The first-order chi connectivity index (χ1) is 12.5. The number of ether oxygens (including phenoxy) is 1. The summed E-state index contributed by atoms with van der Waals surface area (Å²) in [7, 11) is 0. The van der Waals surface area contributed by atoms with Gasteiger partial charge in [-0.05, 0) is 43.9 Å². The van der Waals surface area contributed by atoms with Gasteiger partial charge in [-0.25, -0.2) is 0 Å². The van der Waals surface area contributed by atoms with Crippen molar-refractivity contribution in [1.82, 2.24) is 0 Å². The highest BCUT2D eigenvalue weighted by atomic mass is 16.6. The summed E-state index contributed by atoms with van der Waals surface area (Å²) in [6, 6.07) is 0. The van der Waals surface area contributed by atoms with Crippen LogP contribution in [0.3, 0.4) is 0 Å². The zero-order valence-electron chi connectivity index (χ0n) is 16.3. The first-order valence-corrected chi connectivity index (χ1v) is 10.2. The van der Waals surface area contributed by atoms with Gasteiger partial charge in [-0.1, -0.05) is 38.2 Å². The molecule has 0 aromatic heterocycles. The number of carbonyl (C=O) groups excluding carboxylic acids is 1. The van der Waals surface area contributed by atoms with Crippen LogP contribution >= 0.6 is 0 Å². The van der Waals surface area contributed by atoms with Gasteiger partial charge < -0.3 is 20.1 Å². The summed E-state index contributed by atoms with van der Waals surface area (Å²) in [6.45, 7) is 9.84. The van der Waals surface area contributed by atoms with E-state index >= 15 is 0 Å². The second-order valence-corrected chi connectivity index (χ2v) is 10.3. The number of Topliss-reactive ketones (excluding diaryl/α,β-unsaturated/α-hetero) is 1. The molecule has 27 heavy (non-hydrogen) atoms. The molecule has 9 atom stereocenters. The minimum atomic E-state index is -1.91. The van der Waals surface area contributed by atoms with E-state index in [1.165, 1.54) is 0 Å². The van der Waals surface area contributed by atoms with E-state index in [1.807, 2.05) is 19.9 Å². The zero-order valence-corrected chi connectivity index (χ0v) is 16.3. The molecule has 5 nitrogen and oxygen atoms in total. The second kappa shape index (κ2) is 4.93. The Morgan fingerprint density at radius 1 is 1.30 bits per heavy atom. The number of carbonyl (C=O) groups is 1. The molecule has 0 amide bonds. The number of ketones is 1. The highest BCUT2D eigenvalue weighted by molar-refractivity contribution is 5.86. The molecule has 2 bridgehead atoms. The fourth-order valence-electron chi connectivity index (χ4n) is 8.06. The minimum Gasteiger partial charge on any atom is -0.388 e. The third kappa shape index (κ3) is 1.63. The Labute approximate surface area is 160 Å². The number of aliphatic hydroxyl groups excluding tert-OH is 2. The maximum Gasteiger partial charge on any atom is 0.205 e. The van der Waals surface area contributed by atoms with Crippen molar-refractivity contribution >= 4 is 5.78 Å². The molecule has 3 N–H and O–H groups in total. The van der Waals surface area contributed by atoms with E-state index in [0.717, 1.165) is 18.4 Å². The average Bonchev–Trinajstić information content (AvgIpc) is 2.59. The maximum atomic E-state index is 13.2. The number of rotatable bonds is 1. The molecular formula is C22H30O5. The van der Waals surface area contributed by atoms with Crippen molar-refractivity contribution in [2.75, 3.05) is 6.61 Å². The van der Waals surface area contributed by atoms with Crippen LogP contribution in [0.1, 0.15) is 40.0 Å². The first-order valence-electron chi connectivity index (χ1n) is 10.2. The molecule has 4 aliphatic carbocycles. The van der Waals surface area contributed by atoms with Crippen LogP contribution < -0.4 is 0 Å². The van der Waals surface area contributed by atoms with Gasteiger partial charge in [0.2, 0.25) is 5.79 Å². The van der Waals surface area contributed by atoms with Crippen LogP contribution in [0.5, 0.6) is 0 Å². The Morgan fingerprint density at radius 3 is 2.63 bits per heavy atom. The van der Waals surface area contributed by atoms with Gasteiger partial charge in [0.1, 0.15) is 11.9 Å². The number of fused-ring (bicyclic) bond motifs is 2. The van der Waals surface area contributed by atoms with E-state index in [-0.39, 0.29) is 36.1 Å². The summed E-state index contributed by atoms with van der Waals surface area (Å²) in [5.74, 6) is -2.31. The van der Waals surface area contributed by atoms with Crippen molar-refractivity contribution in [3.63, 3.8) is 0 Å². The summed E-state index contributed by atoms with van der Waals surface area (Å²) >= 11 is 0. The largest absolute Gasteiger partial charge is 0.388 e. The number of hydrogen-bond donors (Lipinski definition) is 3. The van der Waals surface area contributed by atoms with Gasteiger partial charge >= 0.3 is 0 Å². The van der Waals surface area contributed by atoms with Gasteiger partial charge in [0.15, 0.2) is 0 Å². The summed E-state index contributed by atoms with van der Waals surface area (Å²) in [6.07, 6.45) is 4.32. The van der Waals surface area contributed by atoms with Crippen LogP contribution in [0.4, 0.5) is 0 Å². The Hall–Kier alpha value is -1.01. The molecule has 5 fully saturated rings. The molecule has 6 rings (SSSR count). The lowest BCUT2D eigenvalue weighted by atomic mass is 9.32. The van der Waals surface area contributed by atoms with E-state index in [1.54, 1.807) is 13.0 Å². The third-order valence-electron chi connectivity index (χ3n) is 9.21. The second-order valence-electron chi connectivity index (χ2n) is 10.3. The highest BCUT2D eigenvalue weighted by Gasteiger charge is 2.83. The van der Waals surface area contributed by atoms with Gasteiger partial charge in [0.25, 0.3) is 0 Å². The monoisotopic (exact) mass is 374 g/mol. The molecular weight excluding hydrogens is 344 g/mol. The predicted molar refractivity (Wildman–Crippen MR) is 98.3 cm³/mol. The van der Waals surface area contributed by atoms with E-state index in [4.69, 9.17) is 4.74 Å². The molecule has 6 aliphatic rings. The van der Waals surface area contributed by atoms with Crippen molar-refractivity contribution < 1.29 is 24.9 Å². The molecule has 0 unspecified atom stereocenters. The SMILES string of the molecule is C=C1C[C@@H]2[C@H]1CC[C@H]1[C@]34C=C[C@H](O)C(C)(C)[C@H]3[C@H](O)[C@@](O)(OC4)[C@@]21C(C)=O. The quantitative estimate of drug-likeness (QED) is 0.610. The fourth-order valence-corrected chi connectivity index (χ4v) is 8.06. The molecule has 148 valence electrons. The smallest absolute Gasteiger partial charge is 0.205 e. The van der Waals surface area contributed by atoms with E-state index in [9.17, 15) is 20.1 Å². The molecule has 2 heterocycles. The predicted octanol–water partition coefficient (Wildman–Crippen LogP) is 1.82. The standard InChI is InChI=1S/C22H30O5/c1-11-9-14-13(11)5-6-15-20-8-7-16(24)19(3,4)17(20)18(25)22(26,27-10-20)21(14,15)12(2)23/h7-8,13-18,24-26H,1,5-6,9-10H2,2-4H3/t13-,14+,15-,16-,17+,18-,20+,21-,22+/m0/s1. The molecule has 0 radical (unpaired) electrons. The Balaban J connectivity index is 1.78. The average molecular weight is 374 g/mol. The van der Waals surface area contributed by atoms with Crippen LogP contribution in [-0.4, -0.2) is 45.7 Å². The number of aliphatic hydroxyl groups is 3. The molecule has 1 spiro atoms. The van der Waals surface area contributed by atoms with Gasteiger partial charge in [0.05, 0.1) is 18.1 Å². The lowest BCUT2D eigenvalue weighted by Gasteiger charge is -2.76. The van der Waals surface area contributed by atoms with Gasteiger partial charge in [-0.3, -0.25) is 4.79 Å². The molecule has 3 saturated carbocycles. The molecule has 5 heteroatoms. The highest BCUT2D eigenvalue weighted by Crippen LogP contribution is 2.76. The summed E-state index contributed by atoms with van der Waals surface area (Å²) in [5, 5.41) is 33.9. The Morgan fingerprint density at radius 2 is 2.00 bits per heavy atom. The minimum absolute atomic E-state index is 0.0395. The summed E-state index contributed by atoms with van der Waals surface area (Å²) in [4.78, 5) is 13.2. The van der Waals surface area contributed by atoms with Crippen LogP contribution in [0.25, 0.3) is 0 Å². The van der Waals surface area contributed by atoms with Crippen LogP contribution in [0, 0.1) is 39.9 Å². The molecule has 2 aliphatic heterocycles. The summed E-state index contributed by atoms with van der Waals surface area (Å²) < 4.78 is 6.01.